The number of hydrogen-bond donors (Lipinski definition) is 0. The van der Waals surface area contributed by atoms with Crippen molar-refractivity contribution < 1.29 is 0 Å². The third kappa shape index (κ3) is 3.78. The van der Waals surface area contributed by atoms with Crippen LogP contribution in [0, 0.1) is 11.8 Å². The van der Waals surface area contributed by atoms with Crippen LogP contribution in [0.4, 0.5) is 0 Å². The molecule has 0 amide bonds. The summed E-state index contributed by atoms with van der Waals surface area (Å²) in [5, 5.41) is 0. The zero-order chi connectivity index (χ0) is 8.65. The summed E-state index contributed by atoms with van der Waals surface area (Å²) in [5.74, 6) is 6.33. The van der Waals surface area contributed by atoms with E-state index in [4.69, 9.17) is 0 Å². The molecule has 1 nitrogen and oxygen atoms in total. The number of hydrogen-bond acceptors (Lipinski definition) is 1. The smallest absolute Gasteiger partial charge is 0.0601 e. The van der Waals surface area contributed by atoms with Gasteiger partial charge in [0.2, 0.25) is 0 Å². The van der Waals surface area contributed by atoms with Gasteiger partial charge in [-0.3, -0.25) is 4.90 Å². The molecule has 0 bridgehead atoms. The normalized spacial score (nSPS) is 19.4. The Morgan fingerprint density at radius 1 is 1.00 bits per heavy atom. The van der Waals surface area contributed by atoms with E-state index in [1.54, 1.807) is 0 Å². The van der Waals surface area contributed by atoms with Crippen molar-refractivity contribution in [1.82, 2.24) is 4.90 Å². The average molecular weight is 165 g/mol. The van der Waals surface area contributed by atoms with Crippen LogP contribution in [0.15, 0.2) is 0 Å². The van der Waals surface area contributed by atoms with Gasteiger partial charge < -0.3 is 0 Å². The van der Waals surface area contributed by atoms with E-state index >= 15 is 0 Å². The molecule has 0 N–H and O–H groups in total. The molecule has 1 heterocycles. The zero-order valence-corrected chi connectivity index (χ0v) is 8.10. The zero-order valence-electron chi connectivity index (χ0n) is 8.10. The van der Waals surface area contributed by atoms with E-state index in [1.165, 1.54) is 38.8 Å². The molecule has 0 aromatic rings. The molecule has 1 rings (SSSR count). The summed E-state index contributed by atoms with van der Waals surface area (Å²) in [6, 6.07) is 0. The van der Waals surface area contributed by atoms with Crippen molar-refractivity contribution in [1.29, 1.82) is 0 Å². The van der Waals surface area contributed by atoms with E-state index in [0.29, 0.717) is 0 Å². The average Bonchev–Trinajstić information content (AvgIpc) is 2.33. The Balaban J connectivity index is 2.20. The van der Waals surface area contributed by atoms with Gasteiger partial charge in [0.05, 0.1) is 6.54 Å². The van der Waals surface area contributed by atoms with Gasteiger partial charge in [-0.1, -0.05) is 25.7 Å². The van der Waals surface area contributed by atoms with E-state index < -0.39 is 0 Å². The largest absolute Gasteiger partial charge is 0.292 e. The van der Waals surface area contributed by atoms with E-state index in [0.717, 1.165) is 13.0 Å². The molecule has 1 aliphatic heterocycles. The fourth-order valence-corrected chi connectivity index (χ4v) is 1.59. The predicted molar refractivity (Wildman–Crippen MR) is 53.0 cm³/mol. The second kappa shape index (κ2) is 6.08. The minimum atomic E-state index is 0.994. The second-order valence-corrected chi connectivity index (χ2v) is 3.40. The maximum absolute atomic E-state index is 3.21. The predicted octanol–water partition coefficient (Wildman–Crippen LogP) is 2.28. The maximum atomic E-state index is 3.21. The van der Waals surface area contributed by atoms with Crippen LogP contribution in [0.3, 0.4) is 0 Å². The number of rotatable bonds is 1. The lowest BCUT2D eigenvalue weighted by Gasteiger charge is -2.15. The first-order valence-corrected chi connectivity index (χ1v) is 5.11. The molecule has 0 atom stereocenters. The van der Waals surface area contributed by atoms with Gasteiger partial charge in [-0.25, -0.2) is 0 Å². The summed E-state index contributed by atoms with van der Waals surface area (Å²) in [6.45, 7) is 5.63. The summed E-state index contributed by atoms with van der Waals surface area (Å²) < 4.78 is 0. The van der Waals surface area contributed by atoms with Crippen molar-refractivity contribution in [2.24, 2.45) is 0 Å². The summed E-state index contributed by atoms with van der Waals surface area (Å²) in [5.41, 5.74) is 0. The van der Waals surface area contributed by atoms with Crippen molar-refractivity contribution in [2.75, 3.05) is 19.6 Å². The highest BCUT2D eigenvalue weighted by atomic mass is 15.1. The lowest BCUT2D eigenvalue weighted by atomic mass is 10.2. The Kier molecular flexibility index (Phi) is 4.87. The van der Waals surface area contributed by atoms with Gasteiger partial charge in [-0.05, 0) is 25.9 Å². The standard InChI is InChI=1S/C11H19N/c1-2-3-6-9-12-10-7-4-5-8-11-12/h2,4-5,7-11H2,1H3. The van der Waals surface area contributed by atoms with Gasteiger partial charge in [0.1, 0.15) is 0 Å². The van der Waals surface area contributed by atoms with Crippen LogP contribution in [-0.4, -0.2) is 24.5 Å². The molecule has 0 unspecified atom stereocenters. The molecule has 0 aromatic heterocycles. The molecule has 68 valence electrons. The lowest BCUT2D eigenvalue weighted by molar-refractivity contribution is 0.320. The lowest BCUT2D eigenvalue weighted by Crippen LogP contribution is -2.24. The van der Waals surface area contributed by atoms with Crippen LogP contribution in [0.25, 0.3) is 0 Å². The SMILES string of the molecule is CCC#CCN1CCCCCC1. The van der Waals surface area contributed by atoms with E-state index in [-0.39, 0.29) is 0 Å². The highest BCUT2D eigenvalue weighted by Gasteiger charge is 2.06. The monoisotopic (exact) mass is 165 g/mol. The Bertz CT molecular complexity index is 156. The van der Waals surface area contributed by atoms with Crippen molar-refractivity contribution in [3.8, 4) is 11.8 Å². The van der Waals surface area contributed by atoms with Gasteiger partial charge in [-0.15, -0.1) is 5.92 Å². The molecule has 0 spiro atoms. The van der Waals surface area contributed by atoms with E-state index in [2.05, 4.69) is 23.7 Å². The quantitative estimate of drug-likeness (QED) is 0.539. The van der Waals surface area contributed by atoms with Crippen LogP contribution in [0.1, 0.15) is 39.0 Å². The molecule has 0 radical (unpaired) electrons. The van der Waals surface area contributed by atoms with E-state index in [1.807, 2.05) is 0 Å². The first-order chi connectivity index (χ1) is 5.93. The first-order valence-electron chi connectivity index (χ1n) is 5.11. The highest BCUT2D eigenvalue weighted by Crippen LogP contribution is 2.08. The topological polar surface area (TPSA) is 3.24 Å². The third-order valence-electron chi connectivity index (χ3n) is 2.30. The van der Waals surface area contributed by atoms with Crippen molar-refractivity contribution in [3.05, 3.63) is 0 Å². The Morgan fingerprint density at radius 3 is 2.25 bits per heavy atom. The molecule has 1 fully saturated rings. The van der Waals surface area contributed by atoms with Gasteiger partial charge in [-0.2, -0.15) is 0 Å². The minimum Gasteiger partial charge on any atom is -0.292 e. The summed E-state index contributed by atoms with van der Waals surface area (Å²) in [6.07, 6.45) is 6.56. The molecule has 0 saturated carbocycles. The molecule has 1 aliphatic rings. The van der Waals surface area contributed by atoms with Gasteiger partial charge in [0.15, 0.2) is 0 Å². The molecular weight excluding hydrogens is 146 g/mol. The molecule has 0 aromatic carbocycles. The van der Waals surface area contributed by atoms with Gasteiger partial charge in [0, 0.05) is 6.42 Å². The third-order valence-corrected chi connectivity index (χ3v) is 2.30. The minimum absolute atomic E-state index is 0.994. The fraction of sp³-hybridized carbons (Fsp3) is 0.818. The Labute approximate surface area is 76.1 Å². The molecule has 12 heavy (non-hydrogen) atoms. The number of nitrogens with zero attached hydrogens (tertiary/aromatic N) is 1. The molecule has 0 aliphatic carbocycles. The van der Waals surface area contributed by atoms with E-state index in [9.17, 15) is 0 Å². The highest BCUT2D eigenvalue weighted by molar-refractivity contribution is 5.00. The summed E-state index contributed by atoms with van der Waals surface area (Å²) >= 11 is 0. The maximum Gasteiger partial charge on any atom is 0.0601 e. The molecule has 1 saturated heterocycles. The molecule has 1 heteroatoms. The summed E-state index contributed by atoms with van der Waals surface area (Å²) in [4.78, 5) is 2.48. The van der Waals surface area contributed by atoms with Crippen molar-refractivity contribution in [3.63, 3.8) is 0 Å². The van der Waals surface area contributed by atoms with Crippen molar-refractivity contribution in [2.45, 2.75) is 39.0 Å². The van der Waals surface area contributed by atoms with Crippen LogP contribution >= 0.6 is 0 Å². The second-order valence-electron chi connectivity index (χ2n) is 3.40. The van der Waals surface area contributed by atoms with Crippen LogP contribution in [0.5, 0.6) is 0 Å². The Morgan fingerprint density at radius 2 is 1.67 bits per heavy atom. The number of likely N-dealkylation sites (tertiary alicyclic amines) is 1. The molecular formula is C11H19N. The van der Waals surface area contributed by atoms with Crippen LogP contribution in [0.2, 0.25) is 0 Å². The van der Waals surface area contributed by atoms with Gasteiger partial charge >= 0.3 is 0 Å². The van der Waals surface area contributed by atoms with Crippen LogP contribution in [-0.2, 0) is 0 Å². The Hall–Kier alpha value is -0.480. The van der Waals surface area contributed by atoms with Gasteiger partial charge in [0.25, 0.3) is 0 Å². The summed E-state index contributed by atoms with van der Waals surface area (Å²) in [7, 11) is 0. The first kappa shape index (κ1) is 9.61. The fourth-order valence-electron chi connectivity index (χ4n) is 1.59. The van der Waals surface area contributed by atoms with Crippen LogP contribution < -0.4 is 0 Å². The van der Waals surface area contributed by atoms with Crippen molar-refractivity contribution >= 4 is 0 Å².